The molecule has 11 nitrogen and oxygen atoms in total. The molecule has 4 heterocycles. The van der Waals surface area contributed by atoms with E-state index in [1.165, 1.54) is 12.6 Å². The Kier molecular flexibility index (Phi) is 6.78. The number of aromatic nitrogens is 7. The first-order valence-electron chi connectivity index (χ1n) is 15.9. The molecule has 8 rings (SSSR count). The number of hydrogen-bond acceptors (Lipinski definition) is 7. The molecular weight excluding hydrogens is 602 g/mol. The monoisotopic (exact) mass is 635 g/mol. The average molecular weight is 636 g/mol. The average Bonchev–Trinajstić information content (AvgIpc) is 3.85. The van der Waals surface area contributed by atoms with Crippen LogP contribution in [0.1, 0.15) is 67.1 Å². The second-order valence-electron chi connectivity index (χ2n) is 13.3. The number of nitriles is 1. The highest BCUT2D eigenvalue weighted by atomic mass is 35.5. The molecule has 2 saturated carbocycles. The van der Waals surface area contributed by atoms with Crippen LogP contribution in [-0.4, -0.2) is 63.6 Å². The van der Waals surface area contributed by atoms with Crippen LogP contribution in [0.2, 0.25) is 5.02 Å². The van der Waals surface area contributed by atoms with Crippen LogP contribution in [0.25, 0.3) is 33.3 Å². The molecule has 3 atom stereocenters. The van der Waals surface area contributed by atoms with E-state index in [4.69, 9.17) is 16.7 Å². The van der Waals surface area contributed by atoms with Crippen molar-refractivity contribution >= 4 is 28.5 Å². The molecule has 0 radical (unpaired) electrons. The normalized spacial score (nSPS) is 22.7. The number of nitrogens with one attached hydrogen (secondary N) is 1. The fraction of sp³-hybridized carbons (Fsp3) is 0.412. The topological polar surface area (TPSA) is 142 Å². The number of hydrogen-bond donors (Lipinski definition) is 2. The van der Waals surface area contributed by atoms with Gasteiger partial charge in [0.2, 0.25) is 0 Å². The lowest BCUT2D eigenvalue weighted by atomic mass is 9.60. The Morgan fingerprint density at radius 2 is 1.96 bits per heavy atom. The molecule has 12 heteroatoms. The minimum absolute atomic E-state index is 0.00305. The Labute approximate surface area is 270 Å². The number of aliphatic hydroxyl groups excluding tert-OH is 1. The second kappa shape index (κ2) is 10.8. The Balaban J connectivity index is 1.18. The van der Waals surface area contributed by atoms with Gasteiger partial charge in [0.05, 0.1) is 35.6 Å². The number of fused-ring (bicyclic) bond motifs is 1. The summed E-state index contributed by atoms with van der Waals surface area (Å²) in [5.74, 6) is 0.456. The van der Waals surface area contributed by atoms with E-state index >= 15 is 0 Å². The van der Waals surface area contributed by atoms with Crippen molar-refractivity contribution < 1.29 is 9.90 Å². The lowest BCUT2D eigenvalue weighted by molar-refractivity contribution is -0.0897. The van der Waals surface area contributed by atoms with Gasteiger partial charge in [-0.2, -0.15) is 20.6 Å². The molecule has 1 aliphatic heterocycles. The molecule has 3 unspecified atom stereocenters. The van der Waals surface area contributed by atoms with Crippen molar-refractivity contribution in [2.75, 3.05) is 6.54 Å². The highest BCUT2D eigenvalue weighted by Gasteiger charge is 2.61. The van der Waals surface area contributed by atoms with Crippen molar-refractivity contribution in [3.05, 3.63) is 70.3 Å². The number of H-pyrrole nitrogens is 1. The third kappa shape index (κ3) is 4.31. The number of carbonyl (C=O) groups excluding carboxylic acids is 1. The molecule has 3 aliphatic rings. The van der Waals surface area contributed by atoms with Gasteiger partial charge in [0.15, 0.2) is 5.69 Å². The number of aryl methyl sites for hydroxylation is 1. The molecule has 2 aliphatic carbocycles. The molecule has 1 saturated heterocycles. The Morgan fingerprint density at radius 3 is 2.65 bits per heavy atom. The van der Waals surface area contributed by atoms with Gasteiger partial charge in [-0.1, -0.05) is 47.1 Å². The number of carbonyl (C=O) groups is 1. The van der Waals surface area contributed by atoms with Gasteiger partial charge >= 0.3 is 6.03 Å². The summed E-state index contributed by atoms with van der Waals surface area (Å²) in [6.07, 6.45) is 9.45. The zero-order valence-corrected chi connectivity index (χ0v) is 26.5. The highest BCUT2D eigenvalue weighted by Crippen LogP contribution is 2.59. The smallest absolute Gasteiger partial charge is 0.362 e. The van der Waals surface area contributed by atoms with Gasteiger partial charge in [-0.05, 0) is 69.1 Å². The van der Waals surface area contributed by atoms with Crippen LogP contribution in [0.3, 0.4) is 0 Å². The number of benzene rings is 2. The highest BCUT2D eigenvalue weighted by molar-refractivity contribution is 6.36. The Morgan fingerprint density at radius 1 is 1.15 bits per heavy atom. The molecule has 0 bridgehead atoms. The summed E-state index contributed by atoms with van der Waals surface area (Å²) in [7, 11) is 0. The van der Waals surface area contributed by atoms with Gasteiger partial charge in [-0.15, -0.1) is 5.10 Å². The van der Waals surface area contributed by atoms with E-state index < -0.39 is 0 Å². The minimum atomic E-state index is -0.253. The molecule has 3 aromatic heterocycles. The lowest BCUT2D eigenvalue weighted by Gasteiger charge is -2.60. The summed E-state index contributed by atoms with van der Waals surface area (Å²) in [5, 5.41) is 41.4. The van der Waals surface area contributed by atoms with E-state index in [9.17, 15) is 15.2 Å². The first-order valence-corrected chi connectivity index (χ1v) is 16.2. The van der Waals surface area contributed by atoms with Crippen LogP contribution >= 0.6 is 11.6 Å². The minimum Gasteiger partial charge on any atom is -0.392 e. The molecule has 5 aromatic rings. The fourth-order valence-electron chi connectivity index (χ4n) is 8.30. The first-order chi connectivity index (χ1) is 22.3. The predicted molar refractivity (Wildman–Crippen MR) is 172 cm³/mol. The van der Waals surface area contributed by atoms with E-state index in [1.807, 2.05) is 54.4 Å². The first kappa shape index (κ1) is 28.9. The number of likely N-dealkylation sites (tertiary alicyclic amines) is 1. The van der Waals surface area contributed by atoms with Gasteiger partial charge in [0.25, 0.3) is 0 Å². The second-order valence-corrected chi connectivity index (χ2v) is 13.6. The van der Waals surface area contributed by atoms with Gasteiger partial charge in [-0.25, -0.2) is 4.79 Å². The molecule has 2 aromatic carbocycles. The van der Waals surface area contributed by atoms with E-state index in [0.717, 1.165) is 87.0 Å². The van der Waals surface area contributed by atoms with E-state index in [2.05, 4.69) is 32.0 Å². The molecular formula is C34H34ClN9O2. The molecule has 2 N–H and O–H groups in total. The maximum Gasteiger partial charge on any atom is 0.362 e. The van der Waals surface area contributed by atoms with E-state index in [1.54, 1.807) is 0 Å². The van der Waals surface area contributed by atoms with Crippen molar-refractivity contribution in [1.82, 2.24) is 39.9 Å². The molecule has 1 amide bonds. The van der Waals surface area contributed by atoms with Gasteiger partial charge in [0, 0.05) is 45.8 Å². The Bertz CT molecular complexity index is 2030. The summed E-state index contributed by atoms with van der Waals surface area (Å²) in [6, 6.07) is 11.9. The number of aliphatic hydroxyl groups is 1. The molecule has 46 heavy (non-hydrogen) atoms. The number of amides is 1. The quantitative estimate of drug-likeness (QED) is 0.235. The maximum absolute atomic E-state index is 13.5. The summed E-state index contributed by atoms with van der Waals surface area (Å²) in [4.78, 5) is 16.5. The van der Waals surface area contributed by atoms with Crippen molar-refractivity contribution in [2.45, 2.75) is 71.1 Å². The summed E-state index contributed by atoms with van der Waals surface area (Å²) in [6.45, 7) is 4.75. The number of nitrogens with zero attached hydrogens (tertiary/aromatic N) is 8. The number of halogens is 1. The van der Waals surface area contributed by atoms with Crippen LogP contribution in [0, 0.1) is 36.5 Å². The molecule has 234 valence electrons. The lowest BCUT2D eigenvalue weighted by Crippen LogP contribution is -2.69. The zero-order valence-electron chi connectivity index (χ0n) is 25.7. The molecule has 1 spiro atoms. The van der Waals surface area contributed by atoms with Crippen LogP contribution in [0.15, 0.2) is 42.7 Å². The third-order valence-electron chi connectivity index (χ3n) is 10.7. The van der Waals surface area contributed by atoms with Crippen LogP contribution in [0.5, 0.6) is 0 Å². The van der Waals surface area contributed by atoms with Crippen LogP contribution < -0.4 is 0 Å². The van der Waals surface area contributed by atoms with Crippen LogP contribution in [0.4, 0.5) is 4.79 Å². The van der Waals surface area contributed by atoms with Crippen molar-refractivity contribution in [1.29, 1.82) is 5.26 Å². The number of aromatic amines is 1. The van der Waals surface area contributed by atoms with Crippen molar-refractivity contribution in [3.8, 4) is 28.5 Å². The van der Waals surface area contributed by atoms with Crippen LogP contribution in [-0.2, 0) is 6.61 Å². The van der Waals surface area contributed by atoms with Gasteiger partial charge in [-0.3, -0.25) is 9.78 Å². The summed E-state index contributed by atoms with van der Waals surface area (Å²) >= 11 is 7.09. The third-order valence-corrected chi connectivity index (χ3v) is 11.2. The van der Waals surface area contributed by atoms with Gasteiger partial charge < -0.3 is 10.0 Å². The van der Waals surface area contributed by atoms with Crippen molar-refractivity contribution in [2.24, 2.45) is 11.3 Å². The van der Waals surface area contributed by atoms with E-state index in [0.29, 0.717) is 17.5 Å². The SMILES string of the molecule is Cc1cc2[nH]ncc2c(-c2c(-c3ccc(CO)cc3)nn(C3CCC4(C3)CN(C(=O)n3ncc(C#N)n3)C4C3CCC3)c2C)c1Cl. The van der Waals surface area contributed by atoms with E-state index in [-0.39, 0.29) is 35.8 Å². The number of rotatable bonds is 5. The fourth-order valence-corrected chi connectivity index (χ4v) is 8.56. The zero-order chi connectivity index (χ0) is 31.7. The standard InChI is InChI=1S/C34H34ClN9O2/c1-19-12-27-26(16-37-39-27)29(30(19)35)28-20(2)43(41-31(28)22-8-6-21(17-45)7-9-22)25-10-11-34(13-25)18-42(32(34)23-4-3-5-23)33(46)44-38-15-24(14-36)40-44/h6-9,12,15-16,23,25,32,45H,3-5,10-11,13,17-18H2,1-2H3,(H,37,39). The largest absolute Gasteiger partial charge is 0.392 e. The summed E-state index contributed by atoms with van der Waals surface area (Å²) < 4.78 is 2.19. The molecule has 3 fully saturated rings. The Hall–Kier alpha value is -4.53. The maximum atomic E-state index is 13.5. The van der Waals surface area contributed by atoms with Gasteiger partial charge in [0.1, 0.15) is 11.8 Å². The summed E-state index contributed by atoms with van der Waals surface area (Å²) in [5.41, 5.74) is 7.58. The van der Waals surface area contributed by atoms with Crippen molar-refractivity contribution in [3.63, 3.8) is 0 Å². The predicted octanol–water partition coefficient (Wildman–Crippen LogP) is 6.18.